The molecule has 23 heavy (non-hydrogen) atoms. The fourth-order valence-electron chi connectivity index (χ4n) is 2.05. The van der Waals surface area contributed by atoms with E-state index in [9.17, 15) is 4.79 Å². The molecule has 2 heterocycles. The van der Waals surface area contributed by atoms with E-state index in [2.05, 4.69) is 15.3 Å². The lowest BCUT2D eigenvalue weighted by Gasteiger charge is -2.04. The molecule has 0 fully saturated rings. The lowest BCUT2D eigenvalue weighted by atomic mass is 10.3. The van der Waals surface area contributed by atoms with Crippen LogP contribution >= 0.6 is 11.3 Å². The Bertz CT molecular complexity index is 861. The Hall–Kier alpha value is -2.87. The Morgan fingerprint density at radius 1 is 1.17 bits per heavy atom. The highest BCUT2D eigenvalue weighted by atomic mass is 32.1. The molecule has 7 nitrogen and oxygen atoms in total. The molecule has 0 bridgehead atoms. The second kappa shape index (κ2) is 6.09. The molecule has 0 unspecified atom stereocenters. The number of hydrogen-bond donors (Lipinski definition) is 2. The van der Waals surface area contributed by atoms with Crippen molar-refractivity contribution in [2.45, 2.75) is 0 Å². The maximum absolute atomic E-state index is 12.4. The largest absolute Gasteiger partial charge is 0.497 e. The number of nitrogens with two attached hydrogens (primary N) is 1. The van der Waals surface area contributed by atoms with Gasteiger partial charge < -0.3 is 20.5 Å². The van der Waals surface area contributed by atoms with Crippen LogP contribution in [0, 0.1) is 0 Å². The van der Waals surface area contributed by atoms with Crippen molar-refractivity contribution < 1.29 is 14.3 Å². The summed E-state index contributed by atoms with van der Waals surface area (Å²) in [5, 5.41) is 3.48. The van der Waals surface area contributed by atoms with E-state index in [1.165, 1.54) is 18.4 Å². The van der Waals surface area contributed by atoms with Crippen LogP contribution < -0.4 is 20.5 Å². The predicted octanol–water partition coefficient (Wildman–Crippen LogP) is 2.54. The summed E-state index contributed by atoms with van der Waals surface area (Å²) in [5.74, 6) is 0.949. The molecule has 3 aromatic rings. The lowest BCUT2D eigenvalue weighted by molar-refractivity contribution is 0.103. The first-order valence-corrected chi connectivity index (χ1v) is 7.49. The van der Waals surface area contributed by atoms with Crippen molar-refractivity contribution in [3.8, 4) is 11.6 Å². The highest BCUT2D eigenvalue weighted by molar-refractivity contribution is 7.20. The minimum Gasteiger partial charge on any atom is -0.497 e. The molecule has 3 N–H and O–H groups in total. The summed E-state index contributed by atoms with van der Waals surface area (Å²) in [6.45, 7) is 0. The minimum atomic E-state index is -0.237. The second-order valence-electron chi connectivity index (χ2n) is 4.60. The van der Waals surface area contributed by atoms with Crippen molar-refractivity contribution in [1.29, 1.82) is 0 Å². The van der Waals surface area contributed by atoms with Gasteiger partial charge in [-0.15, -0.1) is 11.3 Å². The molecule has 2 aromatic heterocycles. The van der Waals surface area contributed by atoms with E-state index in [4.69, 9.17) is 15.2 Å². The van der Waals surface area contributed by atoms with Gasteiger partial charge in [-0.05, 0) is 30.3 Å². The van der Waals surface area contributed by atoms with Gasteiger partial charge in [0.1, 0.15) is 10.6 Å². The average Bonchev–Trinajstić information content (AvgIpc) is 2.98. The molecule has 3 rings (SSSR count). The van der Waals surface area contributed by atoms with Crippen LogP contribution in [0.3, 0.4) is 0 Å². The Morgan fingerprint density at radius 3 is 2.57 bits per heavy atom. The molecule has 1 amide bonds. The van der Waals surface area contributed by atoms with Crippen LogP contribution in [-0.2, 0) is 0 Å². The first kappa shape index (κ1) is 15.0. The first-order valence-electron chi connectivity index (χ1n) is 6.67. The van der Waals surface area contributed by atoms with Crippen LogP contribution in [0.4, 0.5) is 11.6 Å². The fourth-order valence-corrected chi connectivity index (χ4v) is 2.97. The van der Waals surface area contributed by atoms with E-state index in [0.717, 1.165) is 5.75 Å². The third-order valence-corrected chi connectivity index (χ3v) is 4.17. The van der Waals surface area contributed by atoms with Crippen molar-refractivity contribution in [1.82, 2.24) is 9.97 Å². The normalized spacial score (nSPS) is 10.5. The molecule has 0 saturated carbocycles. The Labute approximate surface area is 136 Å². The van der Waals surface area contributed by atoms with Gasteiger partial charge in [0, 0.05) is 5.69 Å². The number of thiophene rings is 1. The van der Waals surface area contributed by atoms with Gasteiger partial charge in [0.15, 0.2) is 0 Å². The highest BCUT2D eigenvalue weighted by Crippen LogP contribution is 2.31. The molecule has 0 aliphatic carbocycles. The minimum absolute atomic E-state index is 0.110. The number of carbonyl (C=O) groups is 1. The summed E-state index contributed by atoms with van der Waals surface area (Å²) in [7, 11) is 3.08. The predicted molar refractivity (Wildman–Crippen MR) is 89.3 cm³/mol. The van der Waals surface area contributed by atoms with Gasteiger partial charge in [-0.2, -0.15) is 4.98 Å². The standard InChI is InChI=1S/C15H14N4O3S/c1-21-9-5-3-8(4-6-9)17-12(20)11-7-10-13(22-2)18-15(16)19-14(10)23-11/h3-7H,1-2H3,(H,17,20)(H2,16,18,19). The summed E-state index contributed by atoms with van der Waals surface area (Å²) in [6, 6.07) is 8.77. The van der Waals surface area contributed by atoms with Gasteiger partial charge >= 0.3 is 0 Å². The summed E-state index contributed by atoms with van der Waals surface area (Å²) in [4.78, 5) is 21.6. The monoisotopic (exact) mass is 330 g/mol. The third kappa shape index (κ3) is 3.02. The number of ether oxygens (including phenoxy) is 2. The first-order chi connectivity index (χ1) is 11.1. The van der Waals surface area contributed by atoms with Crippen molar-refractivity contribution in [2.24, 2.45) is 0 Å². The Balaban J connectivity index is 1.88. The summed E-state index contributed by atoms with van der Waals surface area (Å²) in [6.07, 6.45) is 0. The molecule has 0 atom stereocenters. The van der Waals surface area contributed by atoms with E-state index in [-0.39, 0.29) is 11.9 Å². The Morgan fingerprint density at radius 2 is 1.91 bits per heavy atom. The maximum atomic E-state index is 12.4. The fraction of sp³-hybridized carbons (Fsp3) is 0.133. The highest BCUT2D eigenvalue weighted by Gasteiger charge is 2.16. The zero-order chi connectivity index (χ0) is 16.4. The lowest BCUT2D eigenvalue weighted by Crippen LogP contribution is -2.09. The molecule has 0 spiro atoms. The number of amides is 1. The van der Waals surface area contributed by atoms with Crippen LogP contribution in [0.5, 0.6) is 11.6 Å². The molecule has 8 heteroatoms. The quantitative estimate of drug-likeness (QED) is 0.762. The number of nitrogen functional groups attached to an aromatic ring is 1. The second-order valence-corrected chi connectivity index (χ2v) is 5.63. The van der Waals surface area contributed by atoms with E-state index < -0.39 is 0 Å². The number of hydrogen-bond acceptors (Lipinski definition) is 7. The summed E-state index contributed by atoms with van der Waals surface area (Å²) >= 11 is 1.23. The number of aromatic nitrogens is 2. The smallest absolute Gasteiger partial charge is 0.265 e. The molecule has 0 radical (unpaired) electrons. The molecular formula is C15H14N4O3S. The number of fused-ring (bicyclic) bond motifs is 1. The average molecular weight is 330 g/mol. The number of benzene rings is 1. The maximum Gasteiger partial charge on any atom is 0.265 e. The number of methoxy groups -OCH3 is 2. The van der Waals surface area contributed by atoms with Crippen LogP contribution in [0.15, 0.2) is 30.3 Å². The number of carbonyl (C=O) groups excluding carboxylic acids is 1. The SMILES string of the molecule is COc1ccc(NC(=O)c2cc3c(OC)nc(N)nc3s2)cc1. The van der Waals surface area contributed by atoms with Gasteiger partial charge in [-0.1, -0.05) is 0 Å². The van der Waals surface area contributed by atoms with Crippen LogP contribution in [-0.4, -0.2) is 30.1 Å². The molecule has 0 saturated heterocycles. The molecule has 0 aliphatic heterocycles. The zero-order valence-electron chi connectivity index (χ0n) is 12.5. The topological polar surface area (TPSA) is 99.4 Å². The molecular weight excluding hydrogens is 316 g/mol. The molecule has 118 valence electrons. The van der Waals surface area contributed by atoms with E-state index >= 15 is 0 Å². The summed E-state index contributed by atoms with van der Waals surface area (Å²) < 4.78 is 10.3. The Kier molecular flexibility index (Phi) is 3.98. The number of anilines is 2. The number of nitrogens with zero attached hydrogens (tertiary/aromatic N) is 2. The van der Waals surface area contributed by atoms with Gasteiger partial charge in [0.2, 0.25) is 11.8 Å². The zero-order valence-corrected chi connectivity index (χ0v) is 13.3. The van der Waals surface area contributed by atoms with Gasteiger partial charge in [-0.25, -0.2) is 4.98 Å². The van der Waals surface area contributed by atoms with Crippen LogP contribution in [0.2, 0.25) is 0 Å². The number of rotatable bonds is 4. The molecule has 0 aliphatic rings. The summed E-state index contributed by atoms with van der Waals surface area (Å²) in [5.41, 5.74) is 6.30. The van der Waals surface area contributed by atoms with Gasteiger partial charge in [0.05, 0.1) is 24.5 Å². The van der Waals surface area contributed by atoms with E-state index in [1.807, 2.05) is 0 Å². The van der Waals surface area contributed by atoms with Crippen molar-refractivity contribution in [3.05, 3.63) is 35.2 Å². The van der Waals surface area contributed by atoms with Gasteiger partial charge in [-0.3, -0.25) is 4.79 Å². The van der Waals surface area contributed by atoms with Crippen molar-refractivity contribution >= 4 is 39.1 Å². The van der Waals surface area contributed by atoms with Crippen LogP contribution in [0.1, 0.15) is 9.67 Å². The number of nitrogens with one attached hydrogen (secondary N) is 1. The van der Waals surface area contributed by atoms with E-state index in [0.29, 0.717) is 26.7 Å². The van der Waals surface area contributed by atoms with E-state index in [1.54, 1.807) is 37.4 Å². The van der Waals surface area contributed by atoms with Crippen LogP contribution in [0.25, 0.3) is 10.2 Å². The molecule has 1 aromatic carbocycles. The van der Waals surface area contributed by atoms with Gasteiger partial charge in [0.25, 0.3) is 5.91 Å². The van der Waals surface area contributed by atoms with Crippen molar-refractivity contribution in [2.75, 3.05) is 25.3 Å². The third-order valence-electron chi connectivity index (χ3n) is 3.14. The van der Waals surface area contributed by atoms with Crippen molar-refractivity contribution in [3.63, 3.8) is 0 Å².